The first kappa shape index (κ1) is 90.0. The van der Waals surface area contributed by atoms with E-state index in [2.05, 4.69) is 39.4 Å². The van der Waals surface area contributed by atoms with Crippen molar-refractivity contribution >= 4 is 81.6 Å². The van der Waals surface area contributed by atoms with Gasteiger partial charge >= 0.3 is 17.9 Å². The van der Waals surface area contributed by atoms with E-state index in [1.807, 2.05) is 199 Å². The highest BCUT2D eigenvalue weighted by atomic mass is 35.5. The monoisotopic (exact) mass is 1630 g/mol. The van der Waals surface area contributed by atoms with E-state index in [0.717, 1.165) is 69.2 Å². The third-order valence-corrected chi connectivity index (χ3v) is 19.0. The SMILES string of the molecule is CCOC(=O)CN(Cc1ccccc1)CC(Cc1ccc(O)cc1)c1ccc(Cl)cc1.CCOC(=O)CN(Cc1ccccc1)CC(O)c1ccc(Cl)cc1.CCOC(=O)CNCc1ccccc1.Clc1ccc([C@@H]2CO2)cc1.Nc1ccc(O)cc1.O=C1CN(Cc2ccccc2)CC(c2ccc(Cl)cc2)N1c1ccc(O)cc1. The van der Waals surface area contributed by atoms with Gasteiger partial charge in [0, 0.05) is 83.2 Å². The average molecular weight is 1640 g/mol. The number of piperazine rings is 1. The van der Waals surface area contributed by atoms with Crippen LogP contribution < -0.4 is 16.0 Å². The maximum Gasteiger partial charge on any atom is 0.320 e. The third kappa shape index (κ3) is 33.8. The maximum absolute atomic E-state index is 13.1. The summed E-state index contributed by atoms with van der Waals surface area (Å²) in [4.78, 5) is 56.2. The van der Waals surface area contributed by atoms with E-state index < -0.39 is 6.10 Å². The summed E-state index contributed by atoms with van der Waals surface area (Å²) in [7, 11) is 0. The highest BCUT2D eigenvalue weighted by Gasteiger charge is 2.35. The number of phenols is 3. The van der Waals surface area contributed by atoms with Crippen LogP contribution in [0.5, 0.6) is 17.2 Å². The van der Waals surface area contributed by atoms with Crippen LogP contribution >= 0.6 is 46.4 Å². The van der Waals surface area contributed by atoms with E-state index in [-0.39, 0.29) is 72.7 Å². The van der Waals surface area contributed by atoms with Crippen molar-refractivity contribution in [1.29, 1.82) is 0 Å². The Morgan fingerprint density at radius 1 is 0.487 bits per heavy atom. The van der Waals surface area contributed by atoms with Crippen LogP contribution in [-0.4, -0.2) is 131 Å². The number of halogens is 4. The first-order chi connectivity index (χ1) is 55.7. The van der Waals surface area contributed by atoms with Gasteiger partial charge in [-0.15, -0.1) is 0 Å². The normalized spacial score (nSPS) is 13.9. The van der Waals surface area contributed by atoms with Crippen molar-refractivity contribution in [2.75, 3.05) is 82.9 Å². The number of anilines is 2. The number of aliphatic hydroxyl groups is 1. The quantitative estimate of drug-likeness (QED) is 0.00878. The molecule has 7 N–H and O–H groups in total. The number of ether oxygens (including phenoxy) is 4. The lowest BCUT2D eigenvalue weighted by molar-refractivity contribution is -0.145. The molecule has 13 rings (SSSR count). The Hall–Kier alpha value is -10.6. The minimum Gasteiger partial charge on any atom is -0.508 e. The van der Waals surface area contributed by atoms with Gasteiger partial charge < -0.3 is 55.3 Å². The first-order valence-electron chi connectivity index (χ1n) is 37.9. The smallest absolute Gasteiger partial charge is 0.320 e. The highest BCUT2D eigenvalue weighted by molar-refractivity contribution is 6.31. The summed E-state index contributed by atoms with van der Waals surface area (Å²) in [6, 6.07) is 90.8. The molecule has 3 unspecified atom stereocenters. The summed E-state index contributed by atoms with van der Waals surface area (Å²) < 4.78 is 20.1. The lowest BCUT2D eigenvalue weighted by atomic mass is 9.91. The van der Waals surface area contributed by atoms with E-state index >= 15 is 0 Å². The maximum atomic E-state index is 13.1. The molecule has 0 saturated carbocycles. The van der Waals surface area contributed by atoms with Gasteiger partial charge in [-0.25, -0.2) is 0 Å². The van der Waals surface area contributed by atoms with Crippen molar-refractivity contribution in [2.45, 2.75) is 77.5 Å². The van der Waals surface area contributed by atoms with Gasteiger partial charge in [0.2, 0.25) is 5.91 Å². The van der Waals surface area contributed by atoms with Crippen LogP contribution in [0, 0.1) is 0 Å². The zero-order valence-electron chi connectivity index (χ0n) is 64.8. The number of hydrogen-bond donors (Lipinski definition) is 6. The number of phenolic OH excluding ortho intramolecular Hbond substituents is 3. The number of carbonyl (C=O) groups is 4. The van der Waals surface area contributed by atoms with Gasteiger partial charge in [-0.05, 0) is 186 Å². The molecule has 115 heavy (non-hydrogen) atoms. The number of aliphatic hydroxyl groups excluding tert-OH is 1. The second kappa shape index (κ2) is 49.2. The second-order valence-electron chi connectivity index (χ2n) is 27.0. The van der Waals surface area contributed by atoms with Crippen molar-refractivity contribution in [2.24, 2.45) is 0 Å². The molecule has 2 heterocycles. The predicted molar refractivity (Wildman–Crippen MR) is 458 cm³/mol. The summed E-state index contributed by atoms with van der Waals surface area (Å²) >= 11 is 23.8. The molecule has 2 aliphatic heterocycles. The van der Waals surface area contributed by atoms with E-state index in [4.69, 9.17) is 76.2 Å². The Bertz CT molecular complexity index is 4590. The molecule has 0 radical (unpaired) electrons. The van der Waals surface area contributed by atoms with Gasteiger partial charge in [0.1, 0.15) is 23.4 Å². The van der Waals surface area contributed by atoms with Gasteiger partial charge in [-0.1, -0.05) is 228 Å². The zero-order valence-corrected chi connectivity index (χ0v) is 67.8. The van der Waals surface area contributed by atoms with Crippen LogP contribution in [0.15, 0.2) is 291 Å². The van der Waals surface area contributed by atoms with Gasteiger partial charge in [-0.2, -0.15) is 0 Å². The number of epoxide rings is 1. The highest BCUT2D eigenvalue weighted by Crippen LogP contribution is 2.35. The molecule has 0 aliphatic carbocycles. The fourth-order valence-electron chi connectivity index (χ4n) is 12.3. The second-order valence-corrected chi connectivity index (χ2v) is 28.7. The van der Waals surface area contributed by atoms with Crippen molar-refractivity contribution in [1.82, 2.24) is 20.0 Å². The number of amides is 1. The number of rotatable bonds is 28. The van der Waals surface area contributed by atoms with Gasteiger partial charge in [0.05, 0.1) is 64.8 Å². The van der Waals surface area contributed by atoms with Crippen molar-refractivity contribution < 1.29 is 58.6 Å². The molecule has 2 aliphatic rings. The van der Waals surface area contributed by atoms with Gasteiger partial charge in [-0.3, -0.25) is 33.9 Å². The Morgan fingerprint density at radius 3 is 1.34 bits per heavy atom. The molecular formula is C93H100Cl4N6O12. The lowest BCUT2D eigenvalue weighted by Crippen LogP contribution is -2.52. The molecule has 2 fully saturated rings. The number of benzene rings is 11. The molecule has 0 bridgehead atoms. The summed E-state index contributed by atoms with van der Waals surface area (Å²) in [5.74, 6) is 0.131. The van der Waals surface area contributed by atoms with Crippen LogP contribution in [0.25, 0.3) is 0 Å². The number of carbonyl (C=O) groups excluding carboxylic acids is 4. The fourth-order valence-corrected chi connectivity index (χ4v) is 12.8. The van der Waals surface area contributed by atoms with Crippen LogP contribution in [0.1, 0.15) is 95.0 Å². The number of hydrogen-bond acceptors (Lipinski definition) is 17. The van der Waals surface area contributed by atoms with E-state index in [9.17, 15) is 34.5 Å². The topological polar surface area (TPSA) is 240 Å². The Kier molecular flexibility index (Phi) is 38.5. The van der Waals surface area contributed by atoms with Crippen molar-refractivity contribution in [3.05, 3.63) is 361 Å². The Labute approximate surface area is 694 Å². The van der Waals surface area contributed by atoms with Gasteiger partial charge in [0.15, 0.2) is 0 Å². The number of nitrogens with one attached hydrogen (secondary N) is 1. The molecule has 22 heteroatoms. The lowest BCUT2D eigenvalue weighted by Gasteiger charge is -2.41. The molecule has 0 spiro atoms. The average Bonchev–Trinajstić information content (AvgIpc) is 0.798. The Balaban J connectivity index is 0.000000182. The summed E-state index contributed by atoms with van der Waals surface area (Å²) in [5, 5.41) is 44.2. The van der Waals surface area contributed by atoms with Crippen LogP contribution in [0.3, 0.4) is 0 Å². The molecule has 18 nitrogen and oxygen atoms in total. The number of esters is 3. The van der Waals surface area contributed by atoms with E-state index in [1.165, 1.54) is 11.1 Å². The fraction of sp³-hybridized carbons (Fsp3) is 0.247. The van der Waals surface area contributed by atoms with Crippen molar-refractivity contribution in [3.63, 3.8) is 0 Å². The first-order valence-corrected chi connectivity index (χ1v) is 39.5. The van der Waals surface area contributed by atoms with Crippen molar-refractivity contribution in [3.8, 4) is 17.2 Å². The molecule has 602 valence electrons. The third-order valence-electron chi connectivity index (χ3n) is 18.0. The van der Waals surface area contributed by atoms with Crippen LogP contribution in [0.2, 0.25) is 20.1 Å². The van der Waals surface area contributed by atoms with Crippen LogP contribution in [0.4, 0.5) is 11.4 Å². The molecule has 4 atom stereocenters. The Morgan fingerprint density at radius 2 is 0.887 bits per heavy atom. The molecule has 0 aromatic heterocycles. The standard InChI is InChI=1S/C26H28ClNO3.C23H21ClN2O2.C19H22ClNO3.C11H15NO2.C8H7ClO.C6H7NO/c1-2-31-26(30)19-28(17-21-6-4-3-5-7-21)18-23(22-10-12-24(27)13-11-22)16-20-8-14-25(29)15-9-20;24-19-8-6-18(7-9-19)22-15-25(14-17-4-2-1-3-5-17)16-23(28)26(22)20-10-12-21(27)13-11-20;1-2-24-19(23)14-21(12-15-6-4-3-5-7-15)13-18(22)16-8-10-17(20)11-9-16;1-2-14-11(13)9-12-8-10-6-4-3-5-7-10;9-7-3-1-6(2-4-7)8-5-10-8;7-5-1-3-6(8)4-2-5/h3-15,23,29H,2,16-19H2,1H3;1-13,22,27H,14-16H2;3-11,18,22H,2,12-14H2,1H3;3-7,12H,2,8-9H2,1H3;1-4,8H,5H2;1-4,8H,7H2/t;;;;8-;/m....0./s1. The summed E-state index contributed by atoms with van der Waals surface area (Å²) in [6.45, 7) is 12.7. The van der Waals surface area contributed by atoms with Crippen LogP contribution in [-0.2, 0) is 70.7 Å². The van der Waals surface area contributed by atoms with Gasteiger partial charge in [0.25, 0.3) is 0 Å². The molecule has 11 aromatic rings. The van der Waals surface area contributed by atoms with E-state index in [0.29, 0.717) is 92.5 Å². The molecular weight excluding hydrogens is 1530 g/mol. The summed E-state index contributed by atoms with van der Waals surface area (Å²) in [6.07, 6.45) is 0.411. The molecule has 11 aromatic carbocycles. The number of nitrogen functional groups attached to an aromatic ring is 1. The minimum absolute atomic E-state index is 0.0350. The number of nitrogens with zero attached hydrogens (tertiary/aromatic N) is 4. The molecule has 1 amide bonds. The largest absolute Gasteiger partial charge is 0.508 e. The summed E-state index contributed by atoms with van der Waals surface area (Å²) in [5.41, 5.74) is 16.6. The zero-order chi connectivity index (χ0) is 82.1. The number of nitrogens with two attached hydrogens (primary N) is 1. The number of aromatic hydroxyl groups is 3. The molecule has 2 saturated heterocycles. The predicted octanol–water partition coefficient (Wildman–Crippen LogP) is 18.2. The minimum atomic E-state index is -0.708. The van der Waals surface area contributed by atoms with E-state index in [1.54, 1.807) is 98.8 Å².